The van der Waals surface area contributed by atoms with Crippen LogP contribution in [0.1, 0.15) is 83.5 Å². The van der Waals surface area contributed by atoms with Crippen LogP contribution in [0.25, 0.3) is 0 Å². The molecule has 2 nitrogen and oxygen atoms in total. The highest BCUT2D eigenvalue weighted by Crippen LogP contribution is 2.14. The SMILES string of the molecule is CN(C)C.O=C1CCCCCCCCCCCCC1. The van der Waals surface area contributed by atoms with Gasteiger partial charge in [-0.1, -0.05) is 57.8 Å². The van der Waals surface area contributed by atoms with Crippen molar-refractivity contribution in [2.24, 2.45) is 0 Å². The molecule has 2 heteroatoms. The Labute approximate surface area is 120 Å². The molecule has 0 saturated heterocycles. The zero-order valence-corrected chi connectivity index (χ0v) is 13.5. The van der Waals surface area contributed by atoms with E-state index in [0.29, 0.717) is 5.78 Å². The summed E-state index contributed by atoms with van der Waals surface area (Å²) in [5.41, 5.74) is 0. The molecule has 1 aliphatic carbocycles. The van der Waals surface area contributed by atoms with Crippen LogP contribution < -0.4 is 0 Å². The predicted octanol–water partition coefficient (Wildman–Crippen LogP) is 4.82. The van der Waals surface area contributed by atoms with E-state index in [9.17, 15) is 4.79 Å². The second kappa shape index (κ2) is 14.0. The van der Waals surface area contributed by atoms with Crippen molar-refractivity contribution < 1.29 is 4.79 Å². The minimum atomic E-state index is 0.507. The van der Waals surface area contributed by atoms with E-state index in [4.69, 9.17) is 0 Å². The van der Waals surface area contributed by atoms with Crippen molar-refractivity contribution in [3.63, 3.8) is 0 Å². The van der Waals surface area contributed by atoms with Crippen molar-refractivity contribution in [1.29, 1.82) is 0 Å². The summed E-state index contributed by atoms with van der Waals surface area (Å²) in [7, 11) is 6.00. The minimum absolute atomic E-state index is 0.507. The zero-order chi connectivity index (χ0) is 14.3. The fourth-order valence-electron chi connectivity index (χ4n) is 2.36. The molecular formula is C17H35NO. The first-order valence-corrected chi connectivity index (χ1v) is 8.25. The molecule has 0 radical (unpaired) electrons. The molecule has 19 heavy (non-hydrogen) atoms. The predicted molar refractivity (Wildman–Crippen MR) is 84.6 cm³/mol. The van der Waals surface area contributed by atoms with Crippen LogP contribution in [0.4, 0.5) is 0 Å². The summed E-state index contributed by atoms with van der Waals surface area (Å²) < 4.78 is 0. The van der Waals surface area contributed by atoms with Gasteiger partial charge in [0.1, 0.15) is 5.78 Å². The lowest BCUT2D eigenvalue weighted by atomic mass is 10.0. The molecule has 0 N–H and O–H groups in total. The fourth-order valence-corrected chi connectivity index (χ4v) is 2.36. The molecule has 0 heterocycles. The fraction of sp³-hybridized carbons (Fsp3) is 0.941. The normalized spacial score (nSPS) is 20.3. The molecule has 0 bridgehead atoms. The Bertz CT molecular complexity index is 183. The molecule has 0 unspecified atom stereocenters. The molecule has 1 rings (SSSR count). The van der Waals surface area contributed by atoms with E-state index in [1.165, 1.54) is 57.8 Å². The number of rotatable bonds is 0. The van der Waals surface area contributed by atoms with Crippen LogP contribution in [-0.2, 0) is 4.79 Å². The van der Waals surface area contributed by atoms with Gasteiger partial charge in [-0.3, -0.25) is 4.79 Å². The maximum absolute atomic E-state index is 11.5. The van der Waals surface area contributed by atoms with Gasteiger partial charge in [-0.25, -0.2) is 0 Å². The molecule has 0 aromatic rings. The Morgan fingerprint density at radius 3 is 1.05 bits per heavy atom. The van der Waals surface area contributed by atoms with E-state index >= 15 is 0 Å². The van der Waals surface area contributed by atoms with E-state index in [0.717, 1.165) is 25.7 Å². The maximum atomic E-state index is 11.5. The summed E-state index contributed by atoms with van der Waals surface area (Å²) in [5.74, 6) is 0.507. The van der Waals surface area contributed by atoms with E-state index < -0.39 is 0 Å². The lowest BCUT2D eigenvalue weighted by Crippen LogP contribution is -1.99. The van der Waals surface area contributed by atoms with Gasteiger partial charge >= 0.3 is 0 Å². The van der Waals surface area contributed by atoms with Crippen LogP contribution in [0, 0.1) is 0 Å². The van der Waals surface area contributed by atoms with Crippen LogP contribution in [0.2, 0.25) is 0 Å². The molecule has 0 atom stereocenters. The van der Waals surface area contributed by atoms with Crippen molar-refractivity contribution >= 4 is 5.78 Å². The van der Waals surface area contributed by atoms with Gasteiger partial charge in [0.2, 0.25) is 0 Å². The van der Waals surface area contributed by atoms with Crippen molar-refractivity contribution in [2.75, 3.05) is 21.1 Å². The second-order valence-corrected chi connectivity index (χ2v) is 6.27. The minimum Gasteiger partial charge on any atom is -0.312 e. The third-order valence-corrected chi connectivity index (χ3v) is 3.41. The largest absolute Gasteiger partial charge is 0.312 e. The number of hydrogen-bond donors (Lipinski definition) is 0. The Hall–Kier alpha value is -0.370. The monoisotopic (exact) mass is 269 g/mol. The molecule has 1 fully saturated rings. The summed E-state index contributed by atoms with van der Waals surface area (Å²) in [6.07, 6.45) is 16.2. The molecule has 0 aromatic carbocycles. The Morgan fingerprint density at radius 2 is 0.789 bits per heavy atom. The molecule has 0 aromatic heterocycles. The number of hydrogen-bond acceptors (Lipinski definition) is 2. The van der Waals surface area contributed by atoms with Gasteiger partial charge in [0.05, 0.1) is 0 Å². The highest BCUT2D eigenvalue weighted by atomic mass is 16.1. The Kier molecular flexibility index (Phi) is 13.8. The first kappa shape index (κ1) is 18.6. The molecule has 0 spiro atoms. The number of carbonyl (C=O) groups is 1. The van der Waals surface area contributed by atoms with Crippen LogP contribution in [0.3, 0.4) is 0 Å². The Morgan fingerprint density at radius 1 is 0.579 bits per heavy atom. The summed E-state index contributed by atoms with van der Waals surface area (Å²) in [4.78, 5) is 13.5. The lowest BCUT2D eigenvalue weighted by molar-refractivity contribution is -0.119. The average molecular weight is 269 g/mol. The van der Waals surface area contributed by atoms with Crippen LogP contribution in [0.5, 0.6) is 0 Å². The number of nitrogens with zero attached hydrogens (tertiary/aromatic N) is 1. The Balaban J connectivity index is 0.000000711. The first-order chi connectivity index (χ1) is 9.13. The van der Waals surface area contributed by atoms with Gasteiger partial charge in [-0.2, -0.15) is 0 Å². The van der Waals surface area contributed by atoms with E-state index in [1.54, 1.807) is 0 Å². The zero-order valence-electron chi connectivity index (χ0n) is 13.5. The first-order valence-electron chi connectivity index (χ1n) is 8.25. The molecule has 1 aliphatic rings. The maximum Gasteiger partial charge on any atom is 0.132 e. The third kappa shape index (κ3) is 17.6. The van der Waals surface area contributed by atoms with Gasteiger partial charge < -0.3 is 4.90 Å². The number of carbonyl (C=O) groups excluding carboxylic acids is 1. The standard InChI is InChI=1S/C14H26O.C3H9N/c15-14-12-10-8-6-4-2-1-3-5-7-9-11-13-14;1-4(2)3/h1-13H2;1-3H3. The molecular weight excluding hydrogens is 234 g/mol. The molecule has 114 valence electrons. The average Bonchev–Trinajstić information content (AvgIpc) is 2.34. The van der Waals surface area contributed by atoms with E-state index in [-0.39, 0.29) is 0 Å². The second-order valence-electron chi connectivity index (χ2n) is 6.27. The summed E-state index contributed by atoms with van der Waals surface area (Å²) in [5, 5.41) is 0. The lowest BCUT2D eigenvalue weighted by Gasteiger charge is -2.05. The van der Waals surface area contributed by atoms with Gasteiger partial charge in [0.15, 0.2) is 0 Å². The quantitative estimate of drug-likeness (QED) is 0.628. The van der Waals surface area contributed by atoms with Crippen LogP contribution >= 0.6 is 0 Å². The summed E-state index contributed by atoms with van der Waals surface area (Å²) in [6, 6.07) is 0. The number of Topliss-reactive ketones (excluding diaryl/α,β-unsaturated/α-hetero) is 1. The number of ketones is 1. The van der Waals surface area contributed by atoms with E-state index in [2.05, 4.69) is 0 Å². The van der Waals surface area contributed by atoms with Crippen molar-refractivity contribution in [2.45, 2.75) is 83.5 Å². The van der Waals surface area contributed by atoms with Gasteiger partial charge in [-0.05, 0) is 34.0 Å². The topological polar surface area (TPSA) is 20.3 Å². The van der Waals surface area contributed by atoms with Crippen molar-refractivity contribution in [3.05, 3.63) is 0 Å². The summed E-state index contributed by atoms with van der Waals surface area (Å²) >= 11 is 0. The highest BCUT2D eigenvalue weighted by Gasteiger charge is 2.02. The molecule has 1 saturated carbocycles. The van der Waals surface area contributed by atoms with E-state index in [1.807, 2.05) is 26.0 Å². The smallest absolute Gasteiger partial charge is 0.132 e. The van der Waals surface area contributed by atoms with Gasteiger partial charge in [0.25, 0.3) is 0 Å². The molecule has 0 amide bonds. The third-order valence-electron chi connectivity index (χ3n) is 3.41. The summed E-state index contributed by atoms with van der Waals surface area (Å²) in [6.45, 7) is 0. The van der Waals surface area contributed by atoms with Crippen molar-refractivity contribution in [1.82, 2.24) is 4.90 Å². The highest BCUT2D eigenvalue weighted by molar-refractivity contribution is 5.78. The van der Waals surface area contributed by atoms with Crippen LogP contribution in [-0.4, -0.2) is 31.8 Å². The van der Waals surface area contributed by atoms with Gasteiger partial charge in [-0.15, -0.1) is 0 Å². The van der Waals surface area contributed by atoms with Crippen molar-refractivity contribution in [3.8, 4) is 0 Å². The molecule has 0 aliphatic heterocycles. The van der Waals surface area contributed by atoms with Crippen LogP contribution in [0.15, 0.2) is 0 Å². The van der Waals surface area contributed by atoms with Gasteiger partial charge in [0, 0.05) is 12.8 Å².